The molecule has 0 aromatic heterocycles. The normalized spacial score (nSPS) is 16.5. The zero-order valence-corrected chi connectivity index (χ0v) is 21.1. The van der Waals surface area contributed by atoms with Crippen molar-refractivity contribution in [1.82, 2.24) is 0 Å². The molecule has 0 bridgehead atoms. The lowest BCUT2D eigenvalue weighted by molar-refractivity contribution is -0.110. The fourth-order valence-electron chi connectivity index (χ4n) is 4.14. The van der Waals surface area contributed by atoms with Gasteiger partial charge in [-0.15, -0.1) is 0 Å². The Morgan fingerprint density at radius 1 is 0.731 bits per heavy atom. The Morgan fingerprint density at radius 3 is 1.42 bits per heavy atom. The third-order valence-corrected chi connectivity index (χ3v) is 16.1. The molecule has 0 N–H and O–H groups in total. The lowest BCUT2D eigenvalue weighted by Gasteiger charge is -2.42. The summed E-state index contributed by atoms with van der Waals surface area (Å²) in [6.07, 6.45) is 1.69. The fourth-order valence-corrected chi connectivity index (χ4v) is 10.2. The van der Waals surface area contributed by atoms with Gasteiger partial charge in [-0.05, 0) is 42.2 Å². The summed E-state index contributed by atoms with van der Waals surface area (Å²) in [5.41, 5.74) is 0. The minimum atomic E-state index is -1.75. The molecule has 0 aromatic rings. The average molecular weight is 403 g/mol. The van der Waals surface area contributed by atoms with Gasteiger partial charge in [0.2, 0.25) is 0 Å². The molecule has 26 heavy (non-hydrogen) atoms. The van der Waals surface area contributed by atoms with Crippen molar-refractivity contribution in [2.24, 2.45) is 11.8 Å². The van der Waals surface area contributed by atoms with Crippen LogP contribution in [0.2, 0.25) is 36.3 Å². The van der Waals surface area contributed by atoms with Gasteiger partial charge in [-0.3, -0.25) is 0 Å². The quantitative estimate of drug-likeness (QED) is 0.227. The minimum absolute atomic E-state index is 0.0105. The van der Waals surface area contributed by atoms with Crippen molar-refractivity contribution in [3.05, 3.63) is 0 Å². The van der Waals surface area contributed by atoms with Crippen molar-refractivity contribution in [3.8, 4) is 0 Å². The molecule has 0 aliphatic rings. The van der Waals surface area contributed by atoms with Crippen molar-refractivity contribution >= 4 is 22.9 Å². The second-order valence-electron chi connectivity index (χ2n) is 8.23. The van der Waals surface area contributed by atoms with Crippen molar-refractivity contribution in [3.63, 3.8) is 0 Å². The van der Waals surface area contributed by atoms with Crippen LogP contribution >= 0.6 is 0 Å². The highest BCUT2D eigenvalue weighted by atomic mass is 28.4. The molecule has 0 aliphatic heterocycles. The van der Waals surface area contributed by atoms with E-state index in [1.165, 1.54) is 0 Å². The van der Waals surface area contributed by atoms with E-state index in [2.05, 4.69) is 62.3 Å². The van der Waals surface area contributed by atoms with E-state index in [1.54, 1.807) is 0 Å². The predicted octanol–water partition coefficient (Wildman–Crippen LogP) is 6.65. The number of hydrogen-bond acceptors (Lipinski definition) is 3. The van der Waals surface area contributed by atoms with Gasteiger partial charge in [0.1, 0.15) is 6.29 Å². The molecule has 5 heteroatoms. The minimum Gasteiger partial charge on any atom is -0.413 e. The summed E-state index contributed by atoms with van der Waals surface area (Å²) in [7, 11) is -3.44. The molecule has 0 radical (unpaired) electrons. The maximum Gasteiger partial charge on any atom is 0.192 e. The summed E-state index contributed by atoms with van der Waals surface area (Å²) >= 11 is 0. The fraction of sp³-hybridized carbons (Fsp3) is 0.952. The number of carbonyl (C=O) groups excluding carboxylic acids is 1. The summed E-state index contributed by atoms with van der Waals surface area (Å²) in [4.78, 5) is 11.4. The van der Waals surface area contributed by atoms with E-state index in [-0.39, 0.29) is 18.1 Å². The third-order valence-electron chi connectivity index (χ3n) is 6.74. The van der Waals surface area contributed by atoms with Crippen molar-refractivity contribution < 1.29 is 13.6 Å². The van der Waals surface area contributed by atoms with Gasteiger partial charge < -0.3 is 13.6 Å². The van der Waals surface area contributed by atoms with E-state index in [0.29, 0.717) is 12.3 Å². The molecule has 0 fully saturated rings. The highest BCUT2D eigenvalue weighted by molar-refractivity contribution is 6.74. The Morgan fingerprint density at radius 2 is 1.12 bits per heavy atom. The Bertz CT molecular complexity index is 363. The predicted molar refractivity (Wildman–Crippen MR) is 119 cm³/mol. The van der Waals surface area contributed by atoms with Gasteiger partial charge in [0, 0.05) is 12.3 Å². The Labute approximate surface area is 165 Å². The van der Waals surface area contributed by atoms with Crippen LogP contribution in [0.15, 0.2) is 0 Å². The van der Waals surface area contributed by atoms with E-state index in [0.717, 1.165) is 42.6 Å². The van der Waals surface area contributed by atoms with Crippen LogP contribution < -0.4 is 0 Å². The van der Waals surface area contributed by atoms with Crippen LogP contribution in [-0.4, -0.2) is 35.1 Å². The van der Waals surface area contributed by atoms with Crippen LogP contribution in [0.4, 0.5) is 0 Å². The maximum absolute atomic E-state index is 11.4. The molecule has 0 spiro atoms. The first kappa shape index (κ1) is 26.0. The number of hydrogen-bond donors (Lipinski definition) is 0. The van der Waals surface area contributed by atoms with E-state index in [1.807, 2.05) is 0 Å². The van der Waals surface area contributed by atoms with E-state index < -0.39 is 16.6 Å². The van der Waals surface area contributed by atoms with E-state index >= 15 is 0 Å². The van der Waals surface area contributed by atoms with Crippen molar-refractivity contribution in [2.75, 3.05) is 0 Å². The molecule has 0 aromatic carbocycles. The van der Waals surface area contributed by atoms with Gasteiger partial charge >= 0.3 is 0 Å². The molecular formula is C21H46O3Si2. The first-order chi connectivity index (χ1) is 12.2. The number of carbonyl (C=O) groups is 1. The molecule has 156 valence electrons. The largest absolute Gasteiger partial charge is 0.413 e. The number of aldehydes is 1. The zero-order chi connectivity index (χ0) is 20.4. The first-order valence-corrected chi connectivity index (χ1v) is 16.1. The highest BCUT2D eigenvalue weighted by Gasteiger charge is 2.40. The van der Waals surface area contributed by atoms with E-state index in [9.17, 15) is 4.79 Å². The molecule has 0 amide bonds. The van der Waals surface area contributed by atoms with Crippen LogP contribution in [0.1, 0.15) is 68.7 Å². The summed E-state index contributed by atoms with van der Waals surface area (Å²) in [6.45, 7) is 20.4. The molecule has 0 saturated heterocycles. The van der Waals surface area contributed by atoms with Crippen LogP contribution in [0, 0.1) is 11.8 Å². The van der Waals surface area contributed by atoms with E-state index in [4.69, 9.17) is 8.85 Å². The van der Waals surface area contributed by atoms with Gasteiger partial charge in [-0.25, -0.2) is 0 Å². The van der Waals surface area contributed by atoms with Gasteiger partial charge in [0.25, 0.3) is 0 Å². The maximum atomic E-state index is 11.4. The van der Waals surface area contributed by atoms with Gasteiger partial charge in [-0.2, -0.15) is 0 Å². The van der Waals surface area contributed by atoms with Crippen LogP contribution in [0.3, 0.4) is 0 Å². The molecular weight excluding hydrogens is 356 g/mol. The standard InChI is InChI=1S/C21H46O3Si2/c1-10-25(11-2,12-3)23-20(16-17-22)19(9)21(18(7)8)24-26(13-4,14-5)15-6/h17-21H,10-16H2,1-9H3/t19-,20-,21-/m1/s1. The Balaban J connectivity index is 5.59. The summed E-state index contributed by atoms with van der Waals surface area (Å²) < 4.78 is 13.7. The molecule has 0 saturated carbocycles. The summed E-state index contributed by atoms with van der Waals surface area (Å²) in [6, 6.07) is 6.83. The molecule has 3 nitrogen and oxygen atoms in total. The van der Waals surface area contributed by atoms with Crippen molar-refractivity contribution in [2.45, 2.75) is 117 Å². The summed E-state index contributed by atoms with van der Waals surface area (Å²) in [5, 5.41) is 0. The average Bonchev–Trinajstić information content (AvgIpc) is 2.66. The first-order valence-electron chi connectivity index (χ1n) is 11.0. The molecule has 0 unspecified atom stereocenters. The monoisotopic (exact) mass is 402 g/mol. The second kappa shape index (κ2) is 12.5. The highest BCUT2D eigenvalue weighted by Crippen LogP contribution is 2.34. The van der Waals surface area contributed by atoms with Gasteiger partial charge in [0.15, 0.2) is 16.6 Å². The Hall–Kier alpha value is 0.0238. The van der Waals surface area contributed by atoms with Gasteiger partial charge in [-0.1, -0.05) is 62.3 Å². The molecule has 0 rings (SSSR count). The van der Waals surface area contributed by atoms with Crippen LogP contribution in [-0.2, 0) is 13.6 Å². The molecule has 3 atom stereocenters. The smallest absolute Gasteiger partial charge is 0.192 e. The van der Waals surface area contributed by atoms with Crippen LogP contribution in [0.5, 0.6) is 0 Å². The molecule has 0 heterocycles. The molecule has 0 aliphatic carbocycles. The Kier molecular flexibility index (Phi) is 12.5. The SMILES string of the molecule is CC[Si](CC)(CC)O[C@H](C(C)C)[C@H](C)[C@@H](CC=O)O[Si](CC)(CC)CC. The third kappa shape index (κ3) is 6.88. The second-order valence-corrected chi connectivity index (χ2v) is 17.7. The summed E-state index contributed by atoms with van der Waals surface area (Å²) in [5.74, 6) is 0.675. The van der Waals surface area contributed by atoms with Crippen LogP contribution in [0.25, 0.3) is 0 Å². The zero-order valence-electron chi connectivity index (χ0n) is 19.1. The van der Waals surface area contributed by atoms with Gasteiger partial charge in [0.05, 0.1) is 12.2 Å². The lowest BCUT2D eigenvalue weighted by atomic mass is 9.89. The van der Waals surface area contributed by atoms with Crippen molar-refractivity contribution in [1.29, 1.82) is 0 Å². The number of rotatable bonds is 15. The topological polar surface area (TPSA) is 35.5 Å². The lowest BCUT2D eigenvalue weighted by Crippen LogP contribution is -2.49.